The van der Waals surface area contributed by atoms with E-state index in [1.807, 2.05) is 13.8 Å². The molecule has 2 aromatic rings. The zero-order valence-electron chi connectivity index (χ0n) is 18.4. The molecular formula is C22H25ClN2O7S. The van der Waals surface area contributed by atoms with E-state index in [1.165, 1.54) is 41.7 Å². The number of benzene rings is 2. The van der Waals surface area contributed by atoms with Gasteiger partial charge in [-0.05, 0) is 56.3 Å². The number of esters is 1. The minimum atomic E-state index is -3.72. The quantitative estimate of drug-likeness (QED) is 0.586. The average molecular weight is 497 g/mol. The third-order valence-corrected chi connectivity index (χ3v) is 7.03. The second-order valence-electron chi connectivity index (χ2n) is 7.58. The van der Waals surface area contributed by atoms with Crippen LogP contribution >= 0.6 is 11.6 Å². The summed E-state index contributed by atoms with van der Waals surface area (Å²) < 4.78 is 42.8. The smallest absolute Gasteiger partial charge is 0.338 e. The van der Waals surface area contributed by atoms with Gasteiger partial charge in [0.1, 0.15) is 5.75 Å². The molecule has 1 amide bonds. The summed E-state index contributed by atoms with van der Waals surface area (Å²) in [5.74, 6) is -0.848. The first-order valence-corrected chi connectivity index (χ1v) is 12.0. The molecule has 0 aromatic heterocycles. The fourth-order valence-electron chi connectivity index (χ4n) is 3.39. The average Bonchev–Trinajstić information content (AvgIpc) is 2.77. The van der Waals surface area contributed by atoms with Crippen LogP contribution in [0.5, 0.6) is 5.75 Å². The molecule has 9 nitrogen and oxygen atoms in total. The molecule has 0 radical (unpaired) electrons. The number of halogens is 1. The van der Waals surface area contributed by atoms with E-state index < -0.39 is 28.5 Å². The van der Waals surface area contributed by atoms with Crippen LogP contribution in [0.25, 0.3) is 0 Å². The highest BCUT2D eigenvalue weighted by Crippen LogP contribution is 2.27. The minimum Gasteiger partial charge on any atom is -0.495 e. The highest BCUT2D eigenvalue weighted by atomic mass is 35.5. The van der Waals surface area contributed by atoms with E-state index in [0.29, 0.717) is 16.5 Å². The summed E-state index contributed by atoms with van der Waals surface area (Å²) in [6, 6.07) is 10.1. The van der Waals surface area contributed by atoms with Crippen LogP contribution in [-0.2, 0) is 24.3 Å². The maximum atomic E-state index is 12.9. The predicted octanol–water partition coefficient (Wildman–Crippen LogP) is 2.94. The molecule has 11 heteroatoms. The largest absolute Gasteiger partial charge is 0.495 e. The van der Waals surface area contributed by atoms with Gasteiger partial charge in [-0.15, -0.1) is 0 Å². The fourth-order valence-corrected chi connectivity index (χ4v) is 5.24. The number of nitrogens with zero attached hydrogens (tertiary/aromatic N) is 1. The summed E-state index contributed by atoms with van der Waals surface area (Å²) in [5.41, 5.74) is 0.543. The van der Waals surface area contributed by atoms with Crippen LogP contribution in [0, 0.1) is 0 Å². The van der Waals surface area contributed by atoms with Crippen molar-refractivity contribution in [3.05, 3.63) is 53.1 Å². The SMILES string of the molecule is COc1ccc(NC(=O)COC(=O)c2ccc(S(=O)(=O)N3CC(C)OC(C)C3)cc2)cc1Cl. The van der Waals surface area contributed by atoms with Crippen molar-refractivity contribution >= 4 is 39.2 Å². The van der Waals surface area contributed by atoms with Gasteiger partial charge in [0.05, 0.1) is 34.8 Å². The third-order valence-electron chi connectivity index (χ3n) is 4.88. The molecule has 0 spiro atoms. The number of sulfonamides is 1. The van der Waals surface area contributed by atoms with Gasteiger partial charge in [-0.1, -0.05) is 11.6 Å². The number of rotatable bonds is 7. The highest BCUT2D eigenvalue weighted by Gasteiger charge is 2.32. The molecule has 0 bridgehead atoms. The summed E-state index contributed by atoms with van der Waals surface area (Å²) in [5, 5.41) is 2.88. The number of nitrogens with one attached hydrogen (secondary N) is 1. The number of morpholine rings is 1. The molecule has 1 fully saturated rings. The van der Waals surface area contributed by atoms with E-state index in [1.54, 1.807) is 12.1 Å². The van der Waals surface area contributed by atoms with Gasteiger partial charge in [0.15, 0.2) is 6.61 Å². The standard InChI is InChI=1S/C22H25ClN2O7S/c1-14-11-25(12-15(2)32-14)33(28,29)18-7-4-16(5-8-18)22(27)31-13-21(26)24-17-6-9-20(30-3)19(23)10-17/h4-10,14-15H,11-13H2,1-3H3,(H,24,26). The molecule has 1 aliphatic heterocycles. The van der Waals surface area contributed by atoms with Gasteiger partial charge < -0.3 is 19.5 Å². The Morgan fingerprint density at radius 1 is 1.12 bits per heavy atom. The molecule has 2 atom stereocenters. The van der Waals surface area contributed by atoms with E-state index >= 15 is 0 Å². The predicted molar refractivity (Wildman–Crippen MR) is 122 cm³/mol. The monoisotopic (exact) mass is 496 g/mol. The van der Waals surface area contributed by atoms with Crippen LogP contribution in [0.3, 0.4) is 0 Å². The first-order chi connectivity index (χ1) is 15.6. The Hall–Kier alpha value is -2.66. The van der Waals surface area contributed by atoms with Gasteiger partial charge in [-0.3, -0.25) is 4.79 Å². The lowest BCUT2D eigenvalue weighted by Gasteiger charge is -2.34. The second-order valence-corrected chi connectivity index (χ2v) is 9.92. The summed E-state index contributed by atoms with van der Waals surface area (Å²) in [4.78, 5) is 24.4. The van der Waals surface area contributed by atoms with E-state index in [9.17, 15) is 18.0 Å². The van der Waals surface area contributed by atoms with Crippen molar-refractivity contribution in [1.82, 2.24) is 4.31 Å². The molecule has 3 rings (SSSR count). The number of ether oxygens (including phenoxy) is 3. The number of hydrogen-bond donors (Lipinski definition) is 1. The summed E-state index contributed by atoms with van der Waals surface area (Å²) in [6.07, 6.45) is -0.421. The maximum absolute atomic E-state index is 12.9. The summed E-state index contributed by atoms with van der Waals surface area (Å²) in [6.45, 7) is 3.62. The zero-order chi connectivity index (χ0) is 24.2. The first kappa shape index (κ1) is 25.0. The van der Waals surface area contributed by atoms with Gasteiger partial charge in [0.25, 0.3) is 5.91 Å². The summed E-state index contributed by atoms with van der Waals surface area (Å²) >= 11 is 6.02. The lowest BCUT2D eigenvalue weighted by Crippen LogP contribution is -2.48. The molecule has 1 aliphatic rings. The fraction of sp³-hybridized carbons (Fsp3) is 0.364. The van der Waals surface area contributed by atoms with Crippen LogP contribution in [-0.4, -0.2) is 63.6 Å². The van der Waals surface area contributed by atoms with E-state index in [2.05, 4.69) is 5.32 Å². The number of hydrogen-bond acceptors (Lipinski definition) is 7. The van der Waals surface area contributed by atoms with Crippen molar-refractivity contribution in [1.29, 1.82) is 0 Å². The van der Waals surface area contributed by atoms with E-state index in [4.69, 9.17) is 25.8 Å². The van der Waals surface area contributed by atoms with Crippen molar-refractivity contribution in [2.75, 3.05) is 32.1 Å². The molecule has 1 saturated heterocycles. The van der Waals surface area contributed by atoms with Gasteiger partial charge in [0.2, 0.25) is 10.0 Å². The molecule has 2 unspecified atom stereocenters. The van der Waals surface area contributed by atoms with Crippen molar-refractivity contribution in [3.63, 3.8) is 0 Å². The third kappa shape index (κ3) is 6.23. The van der Waals surface area contributed by atoms with Gasteiger partial charge in [-0.2, -0.15) is 4.31 Å². The number of amides is 1. The van der Waals surface area contributed by atoms with E-state index in [0.717, 1.165) is 0 Å². The van der Waals surface area contributed by atoms with Crippen LogP contribution in [0.15, 0.2) is 47.4 Å². The molecule has 178 valence electrons. The Labute approximate surface area is 197 Å². The molecule has 33 heavy (non-hydrogen) atoms. The minimum absolute atomic E-state index is 0.0643. The van der Waals surface area contributed by atoms with Crippen LogP contribution in [0.2, 0.25) is 5.02 Å². The van der Waals surface area contributed by atoms with Gasteiger partial charge in [0, 0.05) is 18.8 Å². The molecule has 1 N–H and O–H groups in total. The van der Waals surface area contributed by atoms with Crippen LogP contribution in [0.1, 0.15) is 24.2 Å². The Bertz CT molecular complexity index is 1110. The lowest BCUT2D eigenvalue weighted by atomic mass is 10.2. The first-order valence-electron chi connectivity index (χ1n) is 10.2. The Morgan fingerprint density at radius 2 is 1.76 bits per heavy atom. The topological polar surface area (TPSA) is 111 Å². The van der Waals surface area contributed by atoms with E-state index in [-0.39, 0.29) is 35.8 Å². The van der Waals surface area contributed by atoms with Crippen molar-refractivity contribution in [3.8, 4) is 5.75 Å². The Morgan fingerprint density at radius 3 is 2.33 bits per heavy atom. The maximum Gasteiger partial charge on any atom is 0.338 e. The van der Waals surface area contributed by atoms with Crippen molar-refractivity contribution < 1.29 is 32.2 Å². The van der Waals surface area contributed by atoms with Crippen molar-refractivity contribution in [2.24, 2.45) is 0 Å². The zero-order valence-corrected chi connectivity index (χ0v) is 20.0. The molecular weight excluding hydrogens is 472 g/mol. The number of carbonyl (C=O) groups excluding carboxylic acids is 2. The lowest BCUT2D eigenvalue weighted by molar-refractivity contribution is -0.119. The number of methoxy groups -OCH3 is 1. The molecule has 2 aromatic carbocycles. The second kappa shape index (κ2) is 10.5. The number of anilines is 1. The van der Waals surface area contributed by atoms with Crippen LogP contribution < -0.4 is 10.1 Å². The van der Waals surface area contributed by atoms with Gasteiger partial charge in [-0.25, -0.2) is 13.2 Å². The highest BCUT2D eigenvalue weighted by molar-refractivity contribution is 7.89. The van der Waals surface area contributed by atoms with Crippen LogP contribution in [0.4, 0.5) is 5.69 Å². The molecule has 1 heterocycles. The normalized spacial score (nSPS) is 19.0. The number of carbonyl (C=O) groups is 2. The van der Waals surface area contributed by atoms with Gasteiger partial charge >= 0.3 is 5.97 Å². The summed E-state index contributed by atoms with van der Waals surface area (Å²) in [7, 11) is -2.25. The molecule has 0 saturated carbocycles. The van der Waals surface area contributed by atoms with Crippen molar-refractivity contribution in [2.45, 2.75) is 31.0 Å². The Balaban J connectivity index is 1.57. The molecule has 0 aliphatic carbocycles. The Kier molecular flexibility index (Phi) is 7.96.